The van der Waals surface area contributed by atoms with Crippen molar-refractivity contribution in [3.05, 3.63) is 47.4 Å². The number of anilines is 2. The fourth-order valence-electron chi connectivity index (χ4n) is 2.20. The molecule has 0 aliphatic carbocycles. The smallest absolute Gasteiger partial charge is 0.270 e. The average molecular weight is 312 g/mol. The SMILES string of the molecule is CCCCCNC(=O)c1cc(Nc2ccc(C)cc2)nc(C)n1. The Balaban J connectivity index is 2.05. The van der Waals surface area contributed by atoms with Crippen molar-refractivity contribution >= 4 is 17.4 Å². The number of amides is 1. The largest absolute Gasteiger partial charge is 0.351 e. The van der Waals surface area contributed by atoms with Gasteiger partial charge in [0.1, 0.15) is 17.3 Å². The summed E-state index contributed by atoms with van der Waals surface area (Å²) in [6.07, 6.45) is 3.23. The minimum absolute atomic E-state index is 0.154. The Kier molecular flexibility index (Phi) is 6.09. The fraction of sp³-hybridized carbons (Fsp3) is 0.389. The molecule has 5 nitrogen and oxygen atoms in total. The van der Waals surface area contributed by atoms with E-state index in [2.05, 4.69) is 27.5 Å². The molecular formula is C18H24N4O. The van der Waals surface area contributed by atoms with Crippen LogP contribution in [-0.2, 0) is 0 Å². The van der Waals surface area contributed by atoms with E-state index in [1.54, 1.807) is 13.0 Å². The molecule has 0 atom stereocenters. The van der Waals surface area contributed by atoms with Gasteiger partial charge in [-0.1, -0.05) is 37.5 Å². The van der Waals surface area contributed by atoms with Crippen LogP contribution in [0, 0.1) is 13.8 Å². The zero-order chi connectivity index (χ0) is 16.7. The van der Waals surface area contributed by atoms with Crippen molar-refractivity contribution in [1.29, 1.82) is 0 Å². The Bertz CT molecular complexity index is 653. The lowest BCUT2D eigenvalue weighted by atomic mass is 10.2. The third-order valence-corrected chi connectivity index (χ3v) is 3.46. The van der Waals surface area contributed by atoms with Gasteiger partial charge < -0.3 is 10.6 Å². The monoisotopic (exact) mass is 312 g/mol. The van der Waals surface area contributed by atoms with Crippen LogP contribution >= 0.6 is 0 Å². The summed E-state index contributed by atoms with van der Waals surface area (Å²) in [6, 6.07) is 9.70. The van der Waals surface area contributed by atoms with Gasteiger partial charge in [0.05, 0.1) is 0 Å². The predicted octanol–water partition coefficient (Wildman–Crippen LogP) is 3.76. The molecule has 0 spiro atoms. The molecule has 0 fully saturated rings. The van der Waals surface area contributed by atoms with Crippen molar-refractivity contribution in [3.63, 3.8) is 0 Å². The van der Waals surface area contributed by atoms with E-state index in [-0.39, 0.29) is 5.91 Å². The van der Waals surface area contributed by atoms with Crippen LogP contribution in [0.4, 0.5) is 11.5 Å². The number of unbranched alkanes of at least 4 members (excludes halogenated alkanes) is 2. The number of rotatable bonds is 7. The second-order valence-electron chi connectivity index (χ2n) is 5.64. The van der Waals surface area contributed by atoms with Crippen LogP contribution in [0.15, 0.2) is 30.3 Å². The zero-order valence-corrected chi connectivity index (χ0v) is 14.0. The van der Waals surface area contributed by atoms with Gasteiger partial charge in [-0.25, -0.2) is 9.97 Å². The zero-order valence-electron chi connectivity index (χ0n) is 14.0. The van der Waals surface area contributed by atoms with Crippen molar-refractivity contribution in [2.75, 3.05) is 11.9 Å². The van der Waals surface area contributed by atoms with Gasteiger partial charge in [-0.15, -0.1) is 0 Å². The van der Waals surface area contributed by atoms with Gasteiger partial charge in [0.2, 0.25) is 0 Å². The molecular weight excluding hydrogens is 288 g/mol. The second-order valence-corrected chi connectivity index (χ2v) is 5.64. The lowest BCUT2D eigenvalue weighted by Gasteiger charge is -2.09. The highest BCUT2D eigenvalue weighted by Gasteiger charge is 2.10. The molecule has 0 saturated heterocycles. The maximum atomic E-state index is 12.2. The molecule has 2 N–H and O–H groups in total. The predicted molar refractivity (Wildman–Crippen MR) is 93.1 cm³/mol. The molecule has 2 rings (SSSR count). The number of benzene rings is 1. The van der Waals surface area contributed by atoms with Crippen molar-refractivity contribution in [3.8, 4) is 0 Å². The van der Waals surface area contributed by atoms with E-state index in [9.17, 15) is 4.79 Å². The first-order valence-electron chi connectivity index (χ1n) is 8.06. The standard InChI is InChI=1S/C18H24N4O/c1-4-5-6-11-19-18(23)16-12-17(21-14(3)20-16)22-15-9-7-13(2)8-10-15/h7-10,12H,4-6,11H2,1-3H3,(H,19,23)(H,20,21,22). The minimum atomic E-state index is -0.154. The van der Waals surface area contributed by atoms with E-state index in [0.717, 1.165) is 24.9 Å². The number of aryl methyl sites for hydroxylation is 2. The highest BCUT2D eigenvalue weighted by atomic mass is 16.1. The van der Waals surface area contributed by atoms with E-state index in [1.807, 2.05) is 31.2 Å². The van der Waals surface area contributed by atoms with Crippen molar-refractivity contribution < 1.29 is 4.79 Å². The van der Waals surface area contributed by atoms with E-state index in [0.29, 0.717) is 23.9 Å². The van der Waals surface area contributed by atoms with Crippen molar-refractivity contribution in [2.24, 2.45) is 0 Å². The van der Waals surface area contributed by atoms with Crippen LogP contribution in [0.5, 0.6) is 0 Å². The number of nitrogens with zero attached hydrogens (tertiary/aromatic N) is 2. The van der Waals surface area contributed by atoms with Gasteiger partial charge in [-0.2, -0.15) is 0 Å². The third-order valence-electron chi connectivity index (χ3n) is 3.46. The summed E-state index contributed by atoms with van der Waals surface area (Å²) in [7, 11) is 0. The van der Waals surface area contributed by atoms with Crippen LogP contribution < -0.4 is 10.6 Å². The van der Waals surface area contributed by atoms with E-state index < -0.39 is 0 Å². The molecule has 0 unspecified atom stereocenters. The molecule has 0 aliphatic rings. The first-order chi connectivity index (χ1) is 11.1. The number of aromatic nitrogens is 2. The second kappa shape index (κ2) is 8.27. The first kappa shape index (κ1) is 16.9. The van der Waals surface area contributed by atoms with Crippen molar-refractivity contribution in [2.45, 2.75) is 40.0 Å². The number of hydrogen-bond acceptors (Lipinski definition) is 4. The molecule has 0 radical (unpaired) electrons. The molecule has 1 amide bonds. The number of carbonyl (C=O) groups is 1. The number of carbonyl (C=O) groups excluding carboxylic acids is 1. The molecule has 1 aromatic heterocycles. The van der Waals surface area contributed by atoms with Crippen LogP contribution in [0.25, 0.3) is 0 Å². The molecule has 0 aliphatic heterocycles. The number of hydrogen-bond donors (Lipinski definition) is 2. The van der Waals surface area contributed by atoms with E-state index in [4.69, 9.17) is 0 Å². The van der Waals surface area contributed by atoms with E-state index in [1.165, 1.54) is 5.56 Å². The van der Waals surface area contributed by atoms with Gasteiger partial charge in [-0.05, 0) is 32.4 Å². The number of nitrogens with one attached hydrogen (secondary N) is 2. The van der Waals surface area contributed by atoms with Crippen LogP contribution in [-0.4, -0.2) is 22.4 Å². The van der Waals surface area contributed by atoms with Gasteiger partial charge in [0.15, 0.2) is 0 Å². The molecule has 23 heavy (non-hydrogen) atoms. The minimum Gasteiger partial charge on any atom is -0.351 e. The molecule has 5 heteroatoms. The first-order valence-corrected chi connectivity index (χ1v) is 8.06. The highest BCUT2D eigenvalue weighted by molar-refractivity contribution is 5.93. The maximum absolute atomic E-state index is 12.2. The summed E-state index contributed by atoms with van der Waals surface area (Å²) in [5.41, 5.74) is 2.52. The quantitative estimate of drug-likeness (QED) is 0.764. The van der Waals surface area contributed by atoms with E-state index >= 15 is 0 Å². The van der Waals surface area contributed by atoms with Crippen LogP contribution in [0.1, 0.15) is 48.1 Å². The molecule has 2 aromatic rings. The maximum Gasteiger partial charge on any atom is 0.270 e. The summed E-state index contributed by atoms with van der Waals surface area (Å²) in [6.45, 7) is 6.64. The van der Waals surface area contributed by atoms with Gasteiger partial charge in [0.25, 0.3) is 5.91 Å². The summed E-state index contributed by atoms with van der Waals surface area (Å²) in [4.78, 5) is 20.7. The van der Waals surface area contributed by atoms with Crippen LogP contribution in [0.3, 0.4) is 0 Å². The molecule has 0 bridgehead atoms. The summed E-state index contributed by atoms with van der Waals surface area (Å²) >= 11 is 0. The van der Waals surface area contributed by atoms with Gasteiger partial charge in [0, 0.05) is 18.3 Å². The Morgan fingerprint density at radius 2 is 1.83 bits per heavy atom. The third kappa shape index (κ3) is 5.36. The highest BCUT2D eigenvalue weighted by Crippen LogP contribution is 2.16. The lowest BCUT2D eigenvalue weighted by Crippen LogP contribution is -2.25. The molecule has 1 heterocycles. The molecule has 1 aromatic carbocycles. The summed E-state index contributed by atoms with van der Waals surface area (Å²) < 4.78 is 0. The van der Waals surface area contributed by atoms with Crippen molar-refractivity contribution in [1.82, 2.24) is 15.3 Å². The molecule has 0 saturated carbocycles. The molecule has 122 valence electrons. The lowest BCUT2D eigenvalue weighted by molar-refractivity contribution is 0.0947. The topological polar surface area (TPSA) is 66.9 Å². The van der Waals surface area contributed by atoms with Gasteiger partial charge in [-0.3, -0.25) is 4.79 Å². The summed E-state index contributed by atoms with van der Waals surface area (Å²) in [5, 5.41) is 6.12. The fourth-order valence-corrected chi connectivity index (χ4v) is 2.20. The Morgan fingerprint density at radius 1 is 1.09 bits per heavy atom. The summed E-state index contributed by atoms with van der Waals surface area (Å²) in [5.74, 6) is 1.04. The normalized spacial score (nSPS) is 10.4. The Morgan fingerprint density at radius 3 is 2.52 bits per heavy atom. The average Bonchev–Trinajstić information content (AvgIpc) is 2.53. The van der Waals surface area contributed by atoms with Crippen LogP contribution in [0.2, 0.25) is 0 Å². The Labute approximate surface area is 137 Å². The van der Waals surface area contributed by atoms with Gasteiger partial charge >= 0.3 is 0 Å². The Hall–Kier alpha value is -2.43.